The van der Waals surface area contributed by atoms with Gasteiger partial charge in [0.1, 0.15) is 22.9 Å². The summed E-state index contributed by atoms with van der Waals surface area (Å²) in [7, 11) is 3.99. The number of rotatable bonds is 5. The van der Waals surface area contributed by atoms with Crippen molar-refractivity contribution in [3.8, 4) is 16.9 Å². The summed E-state index contributed by atoms with van der Waals surface area (Å²) in [5.74, 6) is -1.38. The third kappa shape index (κ3) is 4.65. The summed E-state index contributed by atoms with van der Waals surface area (Å²) in [6, 6.07) is 5.27. The van der Waals surface area contributed by atoms with Crippen molar-refractivity contribution in [3.63, 3.8) is 0 Å². The summed E-state index contributed by atoms with van der Waals surface area (Å²) >= 11 is 6.58. The summed E-state index contributed by atoms with van der Waals surface area (Å²) in [5, 5.41) is 10.7. The lowest BCUT2D eigenvalue weighted by Crippen LogP contribution is -2.59. The number of aromatic nitrogens is 2. The molecular weight excluding hydrogens is 526 g/mol. The molecule has 11 heteroatoms. The number of phenolic OH excluding ortho intramolecular Hbond substituents is 1. The van der Waals surface area contributed by atoms with E-state index in [0.717, 1.165) is 6.07 Å². The fraction of sp³-hybridized carbons (Fsp3) is 0.393. The fourth-order valence-electron chi connectivity index (χ4n) is 5.49. The Kier molecular flexibility index (Phi) is 7.11. The van der Waals surface area contributed by atoms with Gasteiger partial charge in [0.15, 0.2) is 5.82 Å². The van der Waals surface area contributed by atoms with Crippen LogP contribution in [0.2, 0.25) is 5.02 Å². The molecule has 0 aliphatic carbocycles. The zero-order valence-corrected chi connectivity index (χ0v) is 23.1. The van der Waals surface area contributed by atoms with Crippen molar-refractivity contribution >= 4 is 40.2 Å². The second-order valence-electron chi connectivity index (χ2n) is 10.5. The number of hydrogen-bond donors (Lipinski definition) is 1. The number of hydrogen-bond acceptors (Lipinski definition) is 7. The highest BCUT2D eigenvalue weighted by Gasteiger charge is 2.36. The molecule has 3 heterocycles. The maximum atomic E-state index is 16.3. The van der Waals surface area contributed by atoms with Gasteiger partial charge >= 0.3 is 0 Å². The standard InChI is InChI=1S/C28H31ClF2N6O2/c1-6-22(39)35-11-15(2)37(16(3)12-35)27-18-10-19(29)23(24-20(30)8-7-9-21(24)38)25(31)26(18)32-28(33-27)36-13-17(14-36)34(4)5/h6-10,15-17,38H,1,11-14H2,2-5H3/t15-,16+. The first-order valence-electron chi connectivity index (χ1n) is 12.8. The normalized spacial score (nSPS) is 20.1. The molecule has 2 atom stereocenters. The van der Waals surface area contributed by atoms with E-state index in [1.54, 1.807) is 4.90 Å². The number of fused-ring (bicyclic) bond motifs is 1. The molecule has 1 aromatic heterocycles. The van der Waals surface area contributed by atoms with Gasteiger partial charge in [0.2, 0.25) is 11.9 Å². The first kappa shape index (κ1) is 27.1. The fourth-order valence-corrected chi connectivity index (χ4v) is 5.78. The Morgan fingerprint density at radius 2 is 1.79 bits per heavy atom. The molecule has 1 amide bonds. The molecule has 2 fully saturated rings. The Labute approximate surface area is 231 Å². The Bertz CT molecular complexity index is 1430. The van der Waals surface area contributed by atoms with Gasteiger partial charge in [-0.1, -0.05) is 24.2 Å². The maximum Gasteiger partial charge on any atom is 0.246 e. The van der Waals surface area contributed by atoms with E-state index in [-0.39, 0.29) is 39.7 Å². The Balaban J connectivity index is 1.70. The smallest absolute Gasteiger partial charge is 0.246 e. The average Bonchev–Trinajstić information content (AvgIpc) is 2.84. The van der Waals surface area contributed by atoms with Gasteiger partial charge in [0.25, 0.3) is 0 Å². The van der Waals surface area contributed by atoms with Crippen LogP contribution < -0.4 is 9.80 Å². The average molecular weight is 557 g/mol. The van der Waals surface area contributed by atoms with Crippen LogP contribution in [-0.2, 0) is 4.79 Å². The third-order valence-electron chi connectivity index (χ3n) is 7.62. The van der Waals surface area contributed by atoms with E-state index in [0.29, 0.717) is 49.4 Å². The minimum atomic E-state index is -0.840. The highest BCUT2D eigenvalue weighted by Crippen LogP contribution is 2.43. The number of piperazine rings is 1. The topological polar surface area (TPSA) is 76.0 Å². The molecule has 0 unspecified atom stereocenters. The van der Waals surface area contributed by atoms with Gasteiger partial charge in [-0.05, 0) is 52.2 Å². The number of anilines is 2. The molecule has 0 radical (unpaired) electrons. The monoisotopic (exact) mass is 556 g/mol. The molecule has 0 bridgehead atoms. The number of carbonyl (C=O) groups excluding carboxylic acids is 1. The van der Waals surface area contributed by atoms with Crippen LogP contribution >= 0.6 is 11.6 Å². The number of halogens is 3. The number of phenols is 1. The van der Waals surface area contributed by atoms with Gasteiger partial charge in [-0.25, -0.2) is 13.8 Å². The number of likely N-dealkylation sites (N-methyl/N-ethyl adjacent to an activating group) is 1. The second kappa shape index (κ2) is 10.2. The van der Waals surface area contributed by atoms with E-state index in [9.17, 15) is 14.3 Å². The van der Waals surface area contributed by atoms with Crippen LogP contribution in [0.4, 0.5) is 20.5 Å². The van der Waals surface area contributed by atoms with Crippen LogP contribution in [0.5, 0.6) is 5.75 Å². The number of amides is 1. The largest absolute Gasteiger partial charge is 0.507 e. The molecular formula is C28H31ClF2N6O2. The highest BCUT2D eigenvalue weighted by molar-refractivity contribution is 6.34. The summed E-state index contributed by atoms with van der Waals surface area (Å²) in [6.45, 7) is 9.74. The zero-order valence-electron chi connectivity index (χ0n) is 22.3. The van der Waals surface area contributed by atoms with Crippen molar-refractivity contribution in [1.82, 2.24) is 19.8 Å². The predicted molar refractivity (Wildman–Crippen MR) is 149 cm³/mol. The van der Waals surface area contributed by atoms with E-state index in [4.69, 9.17) is 16.6 Å². The Morgan fingerprint density at radius 3 is 2.38 bits per heavy atom. The molecule has 0 spiro atoms. The van der Waals surface area contributed by atoms with Crippen LogP contribution in [-0.4, -0.2) is 89.2 Å². The zero-order chi connectivity index (χ0) is 28.2. The van der Waals surface area contributed by atoms with Crippen molar-refractivity contribution in [1.29, 1.82) is 0 Å². The van der Waals surface area contributed by atoms with Gasteiger partial charge < -0.3 is 24.7 Å². The highest BCUT2D eigenvalue weighted by atomic mass is 35.5. The van der Waals surface area contributed by atoms with Crippen LogP contribution in [0.1, 0.15) is 13.8 Å². The molecule has 2 aliphatic heterocycles. The molecule has 2 aliphatic rings. The van der Waals surface area contributed by atoms with Gasteiger partial charge in [0.05, 0.1) is 10.6 Å². The van der Waals surface area contributed by atoms with Crippen molar-refractivity contribution in [2.75, 3.05) is 50.1 Å². The van der Waals surface area contributed by atoms with Crippen LogP contribution in [0.15, 0.2) is 36.9 Å². The number of nitrogens with zero attached hydrogens (tertiary/aromatic N) is 6. The van der Waals surface area contributed by atoms with Crippen LogP contribution in [0, 0.1) is 11.6 Å². The maximum absolute atomic E-state index is 16.3. The van der Waals surface area contributed by atoms with Gasteiger partial charge in [-0.3, -0.25) is 4.79 Å². The van der Waals surface area contributed by atoms with Gasteiger partial charge in [-0.15, -0.1) is 0 Å². The first-order chi connectivity index (χ1) is 18.5. The van der Waals surface area contributed by atoms with Crippen LogP contribution in [0.25, 0.3) is 22.0 Å². The Morgan fingerprint density at radius 1 is 1.13 bits per heavy atom. The summed E-state index contributed by atoms with van der Waals surface area (Å²) in [4.78, 5) is 29.7. The van der Waals surface area contributed by atoms with Crippen molar-refractivity contribution in [2.45, 2.75) is 32.0 Å². The minimum Gasteiger partial charge on any atom is -0.507 e. The molecule has 5 rings (SSSR count). The molecule has 1 N–H and O–H groups in total. The summed E-state index contributed by atoms with van der Waals surface area (Å²) < 4.78 is 31.2. The molecule has 39 heavy (non-hydrogen) atoms. The van der Waals surface area contributed by atoms with Crippen molar-refractivity contribution in [2.24, 2.45) is 0 Å². The molecule has 0 saturated carbocycles. The van der Waals surface area contributed by atoms with Crippen LogP contribution in [0.3, 0.4) is 0 Å². The lowest BCUT2D eigenvalue weighted by molar-refractivity contribution is -0.127. The minimum absolute atomic E-state index is 0.0191. The van der Waals surface area contributed by atoms with Gasteiger partial charge in [-0.2, -0.15) is 4.98 Å². The van der Waals surface area contributed by atoms with Gasteiger partial charge in [0, 0.05) is 55.3 Å². The summed E-state index contributed by atoms with van der Waals surface area (Å²) in [6.07, 6.45) is 1.30. The number of aromatic hydroxyl groups is 1. The molecule has 2 aromatic carbocycles. The van der Waals surface area contributed by atoms with Crippen molar-refractivity contribution in [3.05, 3.63) is 53.6 Å². The second-order valence-corrected chi connectivity index (χ2v) is 10.9. The molecule has 8 nitrogen and oxygen atoms in total. The Hall–Kier alpha value is -3.50. The van der Waals surface area contributed by atoms with E-state index < -0.39 is 17.4 Å². The molecule has 2 saturated heterocycles. The SMILES string of the molecule is C=CC(=O)N1C[C@@H](C)N(c2nc(N3CC(N(C)C)C3)nc3c(F)c(-c4c(O)cccc4F)c(Cl)cc23)[C@@H](C)C1. The lowest BCUT2D eigenvalue weighted by atomic mass is 10.00. The van der Waals surface area contributed by atoms with Crippen molar-refractivity contribution < 1.29 is 18.7 Å². The lowest BCUT2D eigenvalue weighted by Gasteiger charge is -2.46. The van der Waals surface area contributed by atoms with E-state index in [1.807, 2.05) is 32.8 Å². The quantitative estimate of drug-likeness (QED) is 0.470. The molecule has 206 valence electrons. The number of benzene rings is 2. The van der Waals surface area contributed by atoms with E-state index in [1.165, 1.54) is 24.3 Å². The third-order valence-corrected chi connectivity index (χ3v) is 7.92. The molecule has 3 aromatic rings. The predicted octanol–water partition coefficient (Wildman–Crippen LogP) is 4.30. The van der Waals surface area contributed by atoms with E-state index in [2.05, 4.69) is 21.4 Å². The number of carbonyl (C=O) groups is 1. The van der Waals surface area contributed by atoms with E-state index >= 15 is 4.39 Å². The summed E-state index contributed by atoms with van der Waals surface area (Å²) in [5.41, 5.74) is -0.597. The first-order valence-corrected chi connectivity index (χ1v) is 13.2.